The fraction of sp³-hybridized carbons (Fsp3) is 0.636. The van der Waals surface area contributed by atoms with Gasteiger partial charge < -0.3 is 11.1 Å². The molecule has 3 N–H and O–H groups in total. The van der Waals surface area contributed by atoms with Crippen LogP contribution in [0.25, 0.3) is 0 Å². The zero-order chi connectivity index (χ0) is 12.0. The Labute approximate surface area is 105 Å². The van der Waals surface area contributed by atoms with Crippen LogP contribution in [0.1, 0.15) is 33.1 Å². The number of rotatable bonds is 6. The lowest BCUT2D eigenvalue weighted by Gasteiger charge is -2.06. The number of nitrogens with two attached hydrogens (primary N) is 1. The van der Waals surface area contributed by atoms with Gasteiger partial charge in [0.05, 0.1) is 0 Å². The summed E-state index contributed by atoms with van der Waals surface area (Å²) < 4.78 is 0.713. The van der Waals surface area contributed by atoms with Crippen molar-refractivity contribution in [3.8, 4) is 0 Å². The number of nitrogens with zero attached hydrogens (tertiary/aromatic N) is 2. The highest BCUT2D eigenvalue weighted by Crippen LogP contribution is 2.12. The van der Waals surface area contributed by atoms with Crippen molar-refractivity contribution in [2.45, 2.75) is 33.1 Å². The van der Waals surface area contributed by atoms with Gasteiger partial charge in [0.25, 0.3) is 0 Å². The molecule has 5 heteroatoms. The van der Waals surface area contributed by atoms with Crippen LogP contribution in [0.15, 0.2) is 10.7 Å². The Kier molecular flexibility index (Phi) is 5.52. The van der Waals surface area contributed by atoms with Crippen molar-refractivity contribution in [3.63, 3.8) is 0 Å². The van der Waals surface area contributed by atoms with Gasteiger partial charge in [0.15, 0.2) is 0 Å². The molecule has 1 heterocycles. The molecule has 0 spiro atoms. The second-order valence-electron chi connectivity index (χ2n) is 4.26. The van der Waals surface area contributed by atoms with Crippen LogP contribution in [0.5, 0.6) is 0 Å². The van der Waals surface area contributed by atoms with Crippen molar-refractivity contribution < 1.29 is 0 Å². The van der Waals surface area contributed by atoms with E-state index in [1.165, 1.54) is 12.8 Å². The van der Waals surface area contributed by atoms with E-state index in [1.54, 1.807) is 6.07 Å². The summed E-state index contributed by atoms with van der Waals surface area (Å²) in [5.41, 5.74) is 5.61. The molecule has 0 aromatic carbocycles. The first-order valence-electron chi connectivity index (χ1n) is 5.62. The van der Waals surface area contributed by atoms with Crippen LogP contribution in [0, 0.1) is 5.92 Å². The van der Waals surface area contributed by atoms with Crippen LogP contribution in [-0.4, -0.2) is 16.5 Å². The zero-order valence-corrected chi connectivity index (χ0v) is 11.4. The van der Waals surface area contributed by atoms with Gasteiger partial charge in [0.1, 0.15) is 10.4 Å². The first-order chi connectivity index (χ1) is 7.58. The van der Waals surface area contributed by atoms with Gasteiger partial charge in [-0.3, -0.25) is 0 Å². The van der Waals surface area contributed by atoms with E-state index in [0.717, 1.165) is 18.9 Å². The van der Waals surface area contributed by atoms with Gasteiger partial charge in [-0.1, -0.05) is 26.7 Å². The Hall–Kier alpha value is -0.840. The van der Waals surface area contributed by atoms with E-state index in [4.69, 9.17) is 5.73 Å². The lowest BCUT2D eigenvalue weighted by Crippen LogP contribution is -2.07. The maximum atomic E-state index is 5.61. The highest BCUT2D eigenvalue weighted by molar-refractivity contribution is 9.10. The molecule has 0 fully saturated rings. The molecule has 90 valence electrons. The van der Waals surface area contributed by atoms with Crippen molar-refractivity contribution in [2.75, 3.05) is 17.6 Å². The summed E-state index contributed by atoms with van der Waals surface area (Å²) in [4.78, 5) is 8.27. The van der Waals surface area contributed by atoms with Crippen molar-refractivity contribution >= 4 is 27.7 Å². The lowest BCUT2D eigenvalue weighted by molar-refractivity contribution is 0.544. The third-order valence-corrected chi connectivity index (χ3v) is 2.61. The maximum Gasteiger partial charge on any atom is 0.225 e. The monoisotopic (exact) mass is 286 g/mol. The van der Waals surface area contributed by atoms with Gasteiger partial charge in [0, 0.05) is 12.6 Å². The van der Waals surface area contributed by atoms with Crippen LogP contribution >= 0.6 is 15.9 Å². The molecule has 16 heavy (non-hydrogen) atoms. The van der Waals surface area contributed by atoms with Crippen LogP contribution in [0.4, 0.5) is 11.8 Å². The van der Waals surface area contributed by atoms with Gasteiger partial charge in [-0.25, -0.2) is 4.98 Å². The van der Waals surface area contributed by atoms with Gasteiger partial charge in [-0.05, 0) is 28.3 Å². The number of unbranched alkanes of at least 4 members (excludes halogenated alkanes) is 1. The second kappa shape index (κ2) is 6.68. The molecule has 1 aromatic heterocycles. The molecule has 0 saturated heterocycles. The summed E-state index contributed by atoms with van der Waals surface area (Å²) >= 11 is 3.28. The molecular weight excluding hydrogens is 268 g/mol. The summed E-state index contributed by atoms with van der Waals surface area (Å²) in [6, 6.07) is 1.68. The third-order valence-electron chi connectivity index (χ3n) is 2.21. The molecule has 0 atom stereocenters. The number of nitrogens with one attached hydrogen (secondary N) is 1. The number of nitrogen functional groups attached to an aromatic ring is 1. The van der Waals surface area contributed by atoms with E-state index in [9.17, 15) is 0 Å². The van der Waals surface area contributed by atoms with Crippen LogP contribution in [-0.2, 0) is 0 Å². The summed E-state index contributed by atoms with van der Waals surface area (Å²) in [5, 5.41) is 3.17. The number of anilines is 2. The maximum absolute atomic E-state index is 5.61. The van der Waals surface area contributed by atoms with Gasteiger partial charge in [0.2, 0.25) is 5.95 Å². The lowest BCUT2D eigenvalue weighted by atomic mass is 10.1. The average molecular weight is 287 g/mol. The highest BCUT2D eigenvalue weighted by atomic mass is 79.9. The van der Waals surface area contributed by atoms with Crippen LogP contribution in [0.3, 0.4) is 0 Å². The topological polar surface area (TPSA) is 63.8 Å². The van der Waals surface area contributed by atoms with E-state index >= 15 is 0 Å². The van der Waals surface area contributed by atoms with E-state index < -0.39 is 0 Å². The molecule has 1 rings (SSSR count). The second-order valence-corrected chi connectivity index (χ2v) is 5.07. The minimum Gasteiger partial charge on any atom is -0.383 e. The minimum absolute atomic E-state index is 0.478. The Balaban J connectivity index is 2.26. The first-order valence-corrected chi connectivity index (χ1v) is 6.41. The normalized spacial score (nSPS) is 10.8. The van der Waals surface area contributed by atoms with Crippen LogP contribution < -0.4 is 11.1 Å². The fourth-order valence-corrected chi connectivity index (χ4v) is 1.79. The molecule has 0 aliphatic heterocycles. The number of hydrogen-bond donors (Lipinski definition) is 2. The molecule has 0 aliphatic rings. The molecule has 1 aromatic rings. The number of aromatic nitrogens is 2. The number of hydrogen-bond acceptors (Lipinski definition) is 4. The van der Waals surface area contributed by atoms with E-state index in [0.29, 0.717) is 16.4 Å². The highest BCUT2D eigenvalue weighted by Gasteiger charge is 2.00. The Bertz CT molecular complexity index is 308. The average Bonchev–Trinajstić information content (AvgIpc) is 2.15. The first kappa shape index (κ1) is 13.2. The molecule has 0 saturated carbocycles. The predicted octanol–water partition coefficient (Wildman–Crippen LogP) is 3.06. The molecule has 0 radical (unpaired) electrons. The third kappa shape index (κ3) is 5.30. The molecule has 0 aliphatic carbocycles. The quantitative estimate of drug-likeness (QED) is 0.623. The molecule has 4 nitrogen and oxygen atoms in total. The summed E-state index contributed by atoms with van der Waals surface area (Å²) in [6.07, 6.45) is 3.63. The van der Waals surface area contributed by atoms with E-state index in [1.807, 2.05) is 0 Å². The van der Waals surface area contributed by atoms with Crippen molar-refractivity contribution in [1.82, 2.24) is 9.97 Å². The van der Waals surface area contributed by atoms with E-state index in [2.05, 4.69) is 45.1 Å². The van der Waals surface area contributed by atoms with Crippen molar-refractivity contribution in [3.05, 3.63) is 10.7 Å². The molecule has 0 amide bonds. The van der Waals surface area contributed by atoms with Crippen molar-refractivity contribution in [1.29, 1.82) is 0 Å². The predicted molar refractivity (Wildman–Crippen MR) is 71.3 cm³/mol. The van der Waals surface area contributed by atoms with Gasteiger partial charge in [-0.15, -0.1) is 0 Å². The zero-order valence-electron chi connectivity index (χ0n) is 9.83. The Morgan fingerprint density at radius 1 is 1.38 bits per heavy atom. The number of halogens is 1. The Morgan fingerprint density at radius 3 is 2.75 bits per heavy atom. The largest absolute Gasteiger partial charge is 0.383 e. The van der Waals surface area contributed by atoms with Crippen LogP contribution in [0.2, 0.25) is 0 Å². The molecule has 0 bridgehead atoms. The SMILES string of the molecule is CC(C)CCCCNc1nc(N)cc(Br)n1. The smallest absolute Gasteiger partial charge is 0.225 e. The summed E-state index contributed by atoms with van der Waals surface area (Å²) in [5.74, 6) is 1.85. The molecular formula is C11H19BrN4. The molecule has 0 unspecified atom stereocenters. The summed E-state index contributed by atoms with van der Waals surface area (Å²) in [7, 11) is 0. The minimum atomic E-state index is 0.478. The standard InChI is InChI=1S/C11H19BrN4/c1-8(2)5-3-4-6-14-11-15-9(12)7-10(13)16-11/h7-8H,3-6H2,1-2H3,(H3,13,14,15,16). The Morgan fingerprint density at radius 2 is 2.12 bits per heavy atom. The van der Waals surface area contributed by atoms with Crippen molar-refractivity contribution in [2.24, 2.45) is 5.92 Å². The van der Waals surface area contributed by atoms with Gasteiger partial charge in [-0.2, -0.15) is 4.98 Å². The summed E-state index contributed by atoms with van der Waals surface area (Å²) in [6.45, 7) is 5.37. The van der Waals surface area contributed by atoms with Gasteiger partial charge >= 0.3 is 0 Å². The van der Waals surface area contributed by atoms with E-state index in [-0.39, 0.29) is 0 Å². The fourth-order valence-electron chi connectivity index (χ4n) is 1.39.